The molecule has 0 atom stereocenters. The lowest BCUT2D eigenvalue weighted by Crippen LogP contribution is -2.42. The first kappa shape index (κ1) is 21.7. The number of rotatable bonds is 8. The summed E-state index contributed by atoms with van der Waals surface area (Å²) in [6.45, 7) is 2.74. The summed E-state index contributed by atoms with van der Waals surface area (Å²) in [5, 5.41) is 14.0. The van der Waals surface area contributed by atoms with Crippen LogP contribution in [-0.4, -0.2) is 36.1 Å². The first-order valence-corrected chi connectivity index (χ1v) is 10.1. The van der Waals surface area contributed by atoms with Gasteiger partial charge in [-0.25, -0.2) is 4.98 Å². The van der Waals surface area contributed by atoms with Crippen molar-refractivity contribution < 1.29 is 19.2 Å². The van der Waals surface area contributed by atoms with Crippen molar-refractivity contribution >= 4 is 17.3 Å². The number of nitrogens with one attached hydrogen (secondary N) is 1. The number of hydrogen-bond acceptors (Lipinski definition) is 6. The summed E-state index contributed by atoms with van der Waals surface area (Å²) in [4.78, 5) is 28.3. The van der Waals surface area contributed by atoms with Gasteiger partial charge in [0.1, 0.15) is 6.61 Å². The summed E-state index contributed by atoms with van der Waals surface area (Å²) in [5.74, 6) is 0.401. The van der Waals surface area contributed by atoms with Gasteiger partial charge in [-0.2, -0.15) is 0 Å². The van der Waals surface area contributed by atoms with Gasteiger partial charge in [0.25, 0.3) is 5.69 Å². The number of nitro groups is 1. The molecule has 1 aliphatic carbocycles. The molecule has 1 aromatic heterocycles. The third-order valence-corrected chi connectivity index (χ3v) is 5.59. The van der Waals surface area contributed by atoms with E-state index in [-0.39, 0.29) is 11.6 Å². The Labute approximate surface area is 175 Å². The number of carbonyl (C=O) groups is 1. The van der Waals surface area contributed by atoms with Gasteiger partial charge < -0.3 is 14.8 Å². The van der Waals surface area contributed by atoms with E-state index >= 15 is 0 Å². The normalized spacial score (nSPS) is 15.4. The Balaban J connectivity index is 1.80. The van der Waals surface area contributed by atoms with Crippen LogP contribution >= 0.6 is 0 Å². The van der Waals surface area contributed by atoms with Crippen LogP contribution in [0.15, 0.2) is 36.5 Å². The number of non-ortho nitro benzene ring substituents is 1. The Morgan fingerprint density at radius 1 is 1.20 bits per heavy atom. The molecule has 1 amide bonds. The lowest BCUT2D eigenvalue weighted by Gasteiger charge is -2.36. The van der Waals surface area contributed by atoms with Gasteiger partial charge in [0, 0.05) is 24.8 Å². The predicted molar refractivity (Wildman–Crippen MR) is 113 cm³/mol. The highest BCUT2D eigenvalue weighted by molar-refractivity contribution is 5.99. The Bertz CT molecular complexity index is 892. The number of nitrogens with zero attached hydrogens (tertiary/aromatic N) is 2. The molecule has 0 spiro atoms. The molecule has 2 aromatic rings. The molecule has 1 fully saturated rings. The van der Waals surface area contributed by atoms with Crippen molar-refractivity contribution in [3.63, 3.8) is 0 Å². The lowest BCUT2D eigenvalue weighted by molar-refractivity contribution is -0.384. The van der Waals surface area contributed by atoms with E-state index in [1.807, 2.05) is 13.0 Å². The van der Waals surface area contributed by atoms with Gasteiger partial charge >= 0.3 is 0 Å². The monoisotopic (exact) mass is 413 g/mol. The van der Waals surface area contributed by atoms with Gasteiger partial charge in [-0.05, 0) is 31.4 Å². The van der Waals surface area contributed by atoms with Crippen molar-refractivity contribution in [1.82, 2.24) is 4.98 Å². The van der Waals surface area contributed by atoms with E-state index in [1.165, 1.54) is 12.1 Å². The number of methoxy groups -OCH3 is 1. The molecule has 1 saturated carbocycles. The first-order chi connectivity index (χ1) is 14.5. The molecule has 30 heavy (non-hydrogen) atoms. The quantitative estimate of drug-likeness (QED) is 0.396. The highest BCUT2D eigenvalue weighted by atomic mass is 16.6. The zero-order valence-corrected chi connectivity index (χ0v) is 17.3. The van der Waals surface area contributed by atoms with E-state index in [9.17, 15) is 14.9 Å². The fourth-order valence-electron chi connectivity index (χ4n) is 3.96. The van der Waals surface area contributed by atoms with Crippen molar-refractivity contribution in [2.45, 2.75) is 44.4 Å². The number of carbonyl (C=O) groups excluding carboxylic acids is 1. The van der Waals surface area contributed by atoms with Crippen molar-refractivity contribution in [2.24, 2.45) is 0 Å². The summed E-state index contributed by atoms with van der Waals surface area (Å²) in [6.07, 6.45) is 5.96. The first-order valence-electron chi connectivity index (χ1n) is 10.1. The van der Waals surface area contributed by atoms with Crippen LogP contribution in [0.4, 0.5) is 11.4 Å². The standard InChI is InChI=1S/C22H27N3O5/c1-16-14-18(15-23-20(16)30-13-12-29-2)24-21(26)22(10-4-3-5-11-22)17-6-8-19(9-7-17)25(27)28/h6-9,14-15H,3-5,10-13H2,1-2H3,(H,24,26). The Morgan fingerprint density at radius 3 is 2.50 bits per heavy atom. The van der Waals surface area contributed by atoms with E-state index in [1.54, 1.807) is 25.4 Å². The molecule has 1 N–H and O–H groups in total. The van der Waals surface area contributed by atoms with Gasteiger partial charge in [0.05, 0.1) is 28.8 Å². The summed E-state index contributed by atoms with van der Waals surface area (Å²) in [5.41, 5.74) is 1.55. The predicted octanol–water partition coefficient (Wildman–Crippen LogP) is 4.16. The smallest absolute Gasteiger partial charge is 0.269 e. The van der Waals surface area contributed by atoms with Crippen LogP contribution in [0.25, 0.3) is 0 Å². The fraction of sp³-hybridized carbons (Fsp3) is 0.455. The number of pyridine rings is 1. The van der Waals surface area contributed by atoms with Gasteiger partial charge in [-0.15, -0.1) is 0 Å². The zero-order chi connectivity index (χ0) is 21.6. The molecule has 160 valence electrons. The molecule has 1 heterocycles. The average Bonchev–Trinajstić information content (AvgIpc) is 2.76. The molecular weight excluding hydrogens is 386 g/mol. The number of nitro benzene ring substituents is 1. The second-order valence-corrected chi connectivity index (χ2v) is 7.59. The molecule has 0 saturated heterocycles. The third kappa shape index (κ3) is 4.76. The zero-order valence-electron chi connectivity index (χ0n) is 17.3. The average molecular weight is 413 g/mol. The summed E-state index contributed by atoms with van der Waals surface area (Å²) < 4.78 is 10.5. The van der Waals surface area contributed by atoms with Gasteiger partial charge in [-0.3, -0.25) is 14.9 Å². The highest BCUT2D eigenvalue weighted by Gasteiger charge is 2.41. The van der Waals surface area contributed by atoms with Crippen LogP contribution in [-0.2, 0) is 14.9 Å². The van der Waals surface area contributed by atoms with Crippen LogP contribution in [0.1, 0.15) is 43.2 Å². The number of ether oxygens (including phenoxy) is 2. The summed E-state index contributed by atoms with van der Waals surface area (Å²) in [6, 6.07) is 8.19. The number of aryl methyl sites for hydroxylation is 1. The van der Waals surface area contributed by atoms with Gasteiger partial charge in [0.2, 0.25) is 11.8 Å². The minimum absolute atomic E-state index is 0.0222. The molecule has 3 rings (SSSR count). The van der Waals surface area contributed by atoms with E-state index in [0.717, 1.165) is 30.4 Å². The van der Waals surface area contributed by atoms with Crippen molar-refractivity contribution in [3.8, 4) is 5.88 Å². The molecule has 8 nitrogen and oxygen atoms in total. The van der Waals surface area contributed by atoms with Crippen LogP contribution < -0.4 is 10.1 Å². The second-order valence-electron chi connectivity index (χ2n) is 7.59. The number of amides is 1. The van der Waals surface area contributed by atoms with Crippen LogP contribution in [0, 0.1) is 17.0 Å². The minimum atomic E-state index is -0.699. The third-order valence-electron chi connectivity index (χ3n) is 5.59. The van der Waals surface area contributed by atoms with E-state index in [4.69, 9.17) is 9.47 Å². The van der Waals surface area contributed by atoms with Crippen LogP contribution in [0.2, 0.25) is 0 Å². The molecule has 8 heteroatoms. The number of aromatic nitrogens is 1. The molecular formula is C22H27N3O5. The van der Waals surface area contributed by atoms with E-state index in [2.05, 4.69) is 10.3 Å². The number of hydrogen-bond donors (Lipinski definition) is 1. The van der Waals surface area contributed by atoms with Crippen molar-refractivity contribution in [2.75, 3.05) is 25.6 Å². The lowest BCUT2D eigenvalue weighted by atomic mass is 9.68. The second kappa shape index (κ2) is 9.67. The maximum atomic E-state index is 13.4. The topological polar surface area (TPSA) is 104 Å². The minimum Gasteiger partial charge on any atom is -0.475 e. The molecule has 0 bridgehead atoms. The van der Waals surface area contributed by atoms with E-state index in [0.29, 0.717) is 37.6 Å². The largest absolute Gasteiger partial charge is 0.475 e. The SMILES string of the molecule is COCCOc1ncc(NC(=O)C2(c3ccc([N+](=O)[O-])cc3)CCCCC2)cc1C. The maximum Gasteiger partial charge on any atom is 0.269 e. The molecule has 0 aliphatic heterocycles. The van der Waals surface area contributed by atoms with Gasteiger partial charge in [-0.1, -0.05) is 31.4 Å². The number of benzene rings is 1. The molecule has 1 aliphatic rings. The van der Waals surface area contributed by atoms with Crippen LogP contribution in [0.5, 0.6) is 5.88 Å². The van der Waals surface area contributed by atoms with Crippen LogP contribution in [0.3, 0.4) is 0 Å². The number of anilines is 1. The molecule has 1 aromatic carbocycles. The molecule has 0 unspecified atom stereocenters. The van der Waals surface area contributed by atoms with E-state index < -0.39 is 10.3 Å². The maximum absolute atomic E-state index is 13.4. The summed E-state index contributed by atoms with van der Waals surface area (Å²) >= 11 is 0. The summed E-state index contributed by atoms with van der Waals surface area (Å²) in [7, 11) is 1.61. The van der Waals surface area contributed by atoms with Crippen molar-refractivity contribution in [1.29, 1.82) is 0 Å². The Morgan fingerprint density at radius 2 is 1.90 bits per heavy atom. The Kier molecular flexibility index (Phi) is 6.99. The fourth-order valence-corrected chi connectivity index (χ4v) is 3.96. The van der Waals surface area contributed by atoms with Gasteiger partial charge in [0.15, 0.2) is 0 Å². The highest BCUT2D eigenvalue weighted by Crippen LogP contribution is 2.41. The Hall–Kier alpha value is -3.00. The van der Waals surface area contributed by atoms with Crippen molar-refractivity contribution in [3.05, 3.63) is 57.8 Å². The molecule has 0 radical (unpaired) electrons.